The molecule has 66 heavy (non-hydrogen) atoms. The quantitative estimate of drug-likeness (QED) is 0.0861. The fraction of sp³-hybridized carbons (Fsp3) is 0.608. The lowest BCUT2D eigenvalue weighted by molar-refractivity contribution is 0.00643. The standard InChI is InChI=1S/C51H66F2N6O6Si/c1-30(2)66(31(3)4,32(5)6)20-17-33-13-11-14-34-21-38(64-29-61-10)22-39(41(33)34)44-43(53)45-42-46(56-48(55-45)63-28-51-18-12-19-57(51)25-36(52)23-51)59-26-37-16-15-35(40(59)27-62-47(42)54-44)24-58(37)49(60)65-50(7,8)9/h11,13-14,21-22,30-32,35-37,40H,12,15-16,18-19,23-29H2,1-10H3/t35-,36-,37-,40-,51+/m1/s1. The highest BCUT2D eigenvalue weighted by Crippen LogP contribution is 2.47. The lowest BCUT2D eigenvalue weighted by Gasteiger charge is -2.38. The van der Waals surface area contributed by atoms with E-state index < -0.39 is 31.2 Å². The summed E-state index contributed by atoms with van der Waals surface area (Å²) in [6, 6.07) is 9.24. The number of pyridine rings is 1. The highest BCUT2D eigenvalue weighted by molar-refractivity contribution is 6.90. The average molecular weight is 925 g/mol. The van der Waals surface area contributed by atoms with Crippen LogP contribution < -0.4 is 19.1 Å². The zero-order chi connectivity index (χ0) is 46.9. The zero-order valence-corrected chi connectivity index (χ0v) is 41.3. The molecule has 12 nitrogen and oxygen atoms in total. The number of hydrogen-bond donors (Lipinski definition) is 0. The van der Waals surface area contributed by atoms with Crippen molar-refractivity contribution in [2.45, 2.75) is 140 Å². The number of fused-ring (bicyclic) bond motifs is 4. The molecule has 0 saturated carbocycles. The summed E-state index contributed by atoms with van der Waals surface area (Å²) in [5, 5.41) is 1.88. The molecule has 6 aliphatic heterocycles. The van der Waals surface area contributed by atoms with Gasteiger partial charge in [-0.25, -0.2) is 18.6 Å². The van der Waals surface area contributed by atoms with Crippen LogP contribution in [0.4, 0.5) is 19.4 Å². The molecule has 5 saturated heterocycles. The molecular weight excluding hydrogens is 859 g/mol. The van der Waals surface area contributed by atoms with Crippen molar-refractivity contribution in [3.05, 3.63) is 41.7 Å². The first-order valence-electron chi connectivity index (χ1n) is 24.0. The van der Waals surface area contributed by atoms with Crippen molar-refractivity contribution in [2.24, 2.45) is 5.92 Å². The third-order valence-electron chi connectivity index (χ3n) is 15.2. The van der Waals surface area contributed by atoms with Crippen molar-refractivity contribution >= 4 is 41.7 Å². The molecule has 10 rings (SSSR count). The maximum Gasteiger partial charge on any atom is 0.410 e. The number of amides is 1. The third kappa shape index (κ3) is 8.22. The number of carbonyl (C=O) groups is 1. The molecule has 2 aromatic carbocycles. The van der Waals surface area contributed by atoms with Gasteiger partial charge < -0.3 is 33.5 Å². The van der Waals surface area contributed by atoms with Crippen molar-refractivity contribution < 1.29 is 37.3 Å². The second kappa shape index (κ2) is 17.7. The summed E-state index contributed by atoms with van der Waals surface area (Å²) >= 11 is 0. The van der Waals surface area contributed by atoms with Crippen LogP contribution in [0.25, 0.3) is 32.9 Å². The number of carbonyl (C=O) groups excluding carboxylic acids is 1. The average Bonchev–Trinajstić information content (AvgIpc) is 3.60. The molecule has 0 aliphatic carbocycles. The molecule has 4 aromatic rings. The van der Waals surface area contributed by atoms with Crippen LogP contribution in [-0.4, -0.2) is 122 Å². The summed E-state index contributed by atoms with van der Waals surface area (Å²) < 4.78 is 63.7. The summed E-state index contributed by atoms with van der Waals surface area (Å²) in [7, 11) is -0.617. The van der Waals surface area contributed by atoms with Gasteiger partial charge in [-0.3, -0.25) is 4.90 Å². The Hall–Kier alpha value is -4.78. The van der Waals surface area contributed by atoms with Crippen LogP contribution in [0.15, 0.2) is 30.3 Å². The highest BCUT2D eigenvalue weighted by Gasteiger charge is 2.50. The SMILES string of the molecule is COCOc1cc(-c2nc3c4c(nc(OC[C@@]56CCCN5C[C@H](F)C6)nc4c2F)N2C[C@H]4CC[C@H](CN4C(=O)OC(C)(C)C)[C@H]2CO3)c2c(C#C[Si](C(C)C)(C(C)C)C(C)C)cccc2c1. The van der Waals surface area contributed by atoms with Gasteiger partial charge in [0.05, 0.1) is 17.6 Å². The van der Waals surface area contributed by atoms with E-state index in [0.29, 0.717) is 65.2 Å². The Bertz CT molecular complexity index is 2560. The molecule has 8 heterocycles. The summed E-state index contributed by atoms with van der Waals surface area (Å²) in [4.78, 5) is 34.9. The Labute approximate surface area is 389 Å². The number of ether oxygens (including phenoxy) is 5. The van der Waals surface area contributed by atoms with Crippen molar-refractivity contribution in [2.75, 3.05) is 58.2 Å². The van der Waals surface area contributed by atoms with Crippen molar-refractivity contribution in [1.82, 2.24) is 24.8 Å². The summed E-state index contributed by atoms with van der Waals surface area (Å²) in [6.07, 6.45) is 2.42. The lowest BCUT2D eigenvalue weighted by Crippen LogP contribution is -2.49. The van der Waals surface area contributed by atoms with Gasteiger partial charge >= 0.3 is 12.1 Å². The number of methoxy groups -OCH3 is 1. The maximum absolute atomic E-state index is 18.2. The molecule has 5 fully saturated rings. The van der Waals surface area contributed by atoms with Gasteiger partial charge in [-0.1, -0.05) is 59.6 Å². The van der Waals surface area contributed by atoms with Crippen molar-refractivity contribution in [3.63, 3.8) is 0 Å². The van der Waals surface area contributed by atoms with E-state index in [1.165, 1.54) is 0 Å². The van der Waals surface area contributed by atoms with E-state index >= 15 is 4.39 Å². The molecule has 1 amide bonds. The van der Waals surface area contributed by atoms with Crippen LogP contribution in [0.5, 0.6) is 17.6 Å². The van der Waals surface area contributed by atoms with Gasteiger partial charge in [-0.2, -0.15) is 9.97 Å². The van der Waals surface area contributed by atoms with Crippen LogP contribution >= 0.6 is 0 Å². The predicted molar refractivity (Wildman–Crippen MR) is 255 cm³/mol. The molecule has 15 heteroatoms. The number of nitrogens with zero attached hydrogens (tertiary/aromatic N) is 6. The van der Waals surface area contributed by atoms with Gasteiger partial charge in [0.15, 0.2) is 12.6 Å². The minimum Gasteiger partial charge on any atom is -0.475 e. The van der Waals surface area contributed by atoms with Gasteiger partial charge in [0.2, 0.25) is 5.88 Å². The van der Waals surface area contributed by atoms with E-state index in [1.807, 2.05) is 49.9 Å². The molecule has 6 aliphatic rings. The van der Waals surface area contributed by atoms with E-state index in [2.05, 4.69) is 62.8 Å². The number of benzene rings is 2. The topological polar surface area (TPSA) is 112 Å². The number of rotatable bonds is 10. The zero-order valence-electron chi connectivity index (χ0n) is 40.3. The fourth-order valence-electron chi connectivity index (χ4n) is 12.2. The van der Waals surface area contributed by atoms with Crippen LogP contribution in [0.2, 0.25) is 16.6 Å². The van der Waals surface area contributed by atoms with E-state index in [1.54, 1.807) is 13.2 Å². The molecule has 2 aromatic heterocycles. The van der Waals surface area contributed by atoms with Gasteiger partial charge in [-0.15, -0.1) is 5.54 Å². The minimum atomic E-state index is -2.17. The fourth-order valence-corrected chi connectivity index (χ4v) is 17.4. The Balaban J connectivity index is 1.24. The number of piperidine rings is 1. The van der Waals surface area contributed by atoms with Crippen LogP contribution in [0.1, 0.15) is 100.0 Å². The second-order valence-corrected chi connectivity index (χ2v) is 26.8. The smallest absolute Gasteiger partial charge is 0.410 e. The van der Waals surface area contributed by atoms with Gasteiger partial charge in [0.25, 0.3) is 0 Å². The molecule has 0 radical (unpaired) electrons. The van der Waals surface area contributed by atoms with Gasteiger partial charge in [-0.05, 0) is 93.2 Å². The molecule has 0 unspecified atom stereocenters. The first-order valence-corrected chi connectivity index (χ1v) is 26.2. The normalized spacial score (nSPS) is 24.0. The first kappa shape index (κ1) is 46.3. The maximum atomic E-state index is 18.2. The highest BCUT2D eigenvalue weighted by atomic mass is 28.3. The number of halogens is 2. The monoisotopic (exact) mass is 924 g/mol. The van der Waals surface area contributed by atoms with Crippen molar-refractivity contribution in [1.29, 1.82) is 0 Å². The van der Waals surface area contributed by atoms with Crippen LogP contribution in [-0.2, 0) is 9.47 Å². The second-order valence-electron chi connectivity index (χ2n) is 21.2. The molecule has 0 spiro atoms. The third-order valence-corrected chi connectivity index (χ3v) is 21.4. The molecule has 0 N–H and O–H groups in total. The first-order chi connectivity index (χ1) is 31.4. The number of hydrogen-bond acceptors (Lipinski definition) is 11. The molecule has 354 valence electrons. The Morgan fingerprint density at radius 1 is 1.00 bits per heavy atom. The van der Waals surface area contributed by atoms with Gasteiger partial charge in [0, 0.05) is 55.6 Å². The Morgan fingerprint density at radius 3 is 2.50 bits per heavy atom. The van der Waals surface area contributed by atoms with Crippen LogP contribution in [0, 0.1) is 23.2 Å². The Kier molecular flexibility index (Phi) is 12.4. The largest absolute Gasteiger partial charge is 0.475 e. The lowest BCUT2D eigenvalue weighted by atomic mass is 9.90. The molecular formula is C51H66F2N6O6Si. The van der Waals surface area contributed by atoms with Gasteiger partial charge in [0.1, 0.15) is 61.2 Å². The summed E-state index contributed by atoms with van der Waals surface area (Å²) in [5.41, 5.74) is 5.25. The molecule has 2 bridgehead atoms. The minimum absolute atomic E-state index is 0.00223. The Morgan fingerprint density at radius 2 is 1.77 bits per heavy atom. The number of anilines is 1. The predicted octanol–water partition coefficient (Wildman–Crippen LogP) is 10.1. The number of alkyl halides is 1. The van der Waals surface area contributed by atoms with Crippen LogP contribution in [0.3, 0.4) is 0 Å². The van der Waals surface area contributed by atoms with Crippen molar-refractivity contribution in [3.8, 4) is 40.4 Å². The van der Waals surface area contributed by atoms with E-state index in [0.717, 1.165) is 48.6 Å². The summed E-state index contributed by atoms with van der Waals surface area (Å²) in [6.45, 7) is 21.8. The van der Waals surface area contributed by atoms with E-state index in [9.17, 15) is 9.18 Å². The summed E-state index contributed by atoms with van der Waals surface area (Å²) in [5.74, 6) is 4.10. The van der Waals surface area contributed by atoms with E-state index in [-0.39, 0.29) is 67.2 Å². The molecule has 5 atom stereocenters. The number of aromatic nitrogens is 3. The van der Waals surface area contributed by atoms with E-state index in [4.69, 9.17) is 38.6 Å².